The molecule has 8 heteroatoms. The lowest BCUT2D eigenvalue weighted by atomic mass is 10.0. The van der Waals surface area contributed by atoms with Crippen LogP contribution in [-0.2, 0) is 0 Å². The van der Waals surface area contributed by atoms with E-state index >= 15 is 0 Å². The van der Waals surface area contributed by atoms with Crippen molar-refractivity contribution in [2.45, 2.75) is 31.6 Å². The van der Waals surface area contributed by atoms with E-state index in [1.54, 1.807) is 0 Å². The first-order valence-electron chi connectivity index (χ1n) is 5.12. The van der Waals surface area contributed by atoms with Crippen LogP contribution in [0.5, 0.6) is 5.75 Å². The SMILES string of the molecule is CC(N)C(O)c1cccc(OC(F)(F)C(F)F)c1.Cl. The lowest BCUT2D eigenvalue weighted by Gasteiger charge is -2.19. The number of rotatable bonds is 5. The van der Waals surface area contributed by atoms with Crippen molar-refractivity contribution in [1.82, 2.24) is 0 Å². The molecule has 0 bridgehead atoms. The maximum Gasteiger partial charge on any atom is 0.461 e. The van der Waals surface area contributed by atoms with Gasteiger partial charge in [-0.3, -0.25) is 0 Å². The van der Waals surface area contributed by atoms with Gasteiger partial charge in [-0.05, 0) is 24.6 Å². The van der Waals surface area contributed by atoms with Gasteiger partial charge in [-0.15, -0.1) is 12.4 Å². The van der Waals surface area contributed by atoms with Crippen LogP contribution in [0.4, 0.5) is 17.6 Å². The molecule has 3 nitrogen and oxygen atoms in total. The van der Waals surface area contributed by atoms with E-state index in [0.29, 0.717) is 0 Å². The molecule has 0 aliphatic carbocycles. The molecule has 3 N–H and O–H groups in total. The van der Waals surface area contributed by atoms with Crippen LogP contribution in [0.3, 0.4) is 0 Å². The van der Waals surface area contributed by atoms with E-state index in [-0.39, 0.29) is 18.0 Å². The van der Waals surface area contributed by atoms with Gasteiger partial charge < -0.3 is 15.6 Å². The Balaban J connectivity index is 0.00000324. The van der Waals surface area contributed by atoms with E-state index in [9.17, 15) is 22.7 Å². The first-order valence-corrected chi connectivity index (χ1v) is 5.12. The van der Waals surface area contributed by atoms with Gasteiger partial charge in [0.2, 0.25) is 0 Å². The Morgan fingerprint density at radius 1 is 1.32 bits per heavy atom. The van der Waals surface area contributed by atoms with Crippen LogP contribution in [0.2, 0.25) is 0 Å². The largest absolute Gasteiger partial charge is 0.461 e. The summed E-state index contributed by atoms with van der Waals surface area (Å²) >= 11 is 0. The number of aliphatic hydroxyl groups is 1. The number of ether oxygens (including phenoxy) is 1. The summed E-state index contributed by atoms with van der Waals surface area (Å²) < 4.78 is 53.1. The van der Waals surface area contributed by atoms with Crippen LogP contribution in [0.25, 0.3) is 0 Å². The lowest BCUT2D eigenvalue weighted by Crippen LogP contribution is -2.33. The zero-order valence-corrected chi connectivity index (χ0v) is 10.7. The number of alkyl halides is 4. The van der Waals surface area contributed by atoms with E-state index < -0.39 is 30.4 Å². The highest BCUT2D eigenvalue weighted by atomic mass is 35.5. The van der Waals surface area contributed by atoms with Gasteiger partial charge >= 0.3 is 12.5 Å². The van der Waals surface area contributed by atoms with Crippen LogP contribution < -0.4 is 10.5 Å². The number of hydrogen-bond acceptors (Lipinski definition) is 3. The minimum atomic E-state index is -4.57. The molecule has 0 saturated carbocycles. The normalized spacial score (nSPS) is 14.7. The fraction of sp³-hybridized carbons (Fsp3) is 0.455. The lowest BCUT2D eigenvalue weighted by molar-refractivity contribution is -0.253. The van der Waals surface area contributed by atoms with Gasteiger partial charge in [0.25, 0.3) is 0 Å². The Hall–Kier alpha value is -1.05. The van der Waals surface area contributed by atoms with Crippen molar-refractivity contribution >= 4 is 12.4 Å². The van der Waals surface area contributed by atoms with Crippen molar-refractivity contribution in [2.24, 2.45) is 5.73 Å². The number of hydrogen-bond donors (Lipinski definition) is 2. The second kappa shape index (κ2) is 6.93. The van der Waals surface area contributed by atoms with E-state index in [1.165, 1.54) is 19.1 Å². The van der Waals surface area contributed by atoms with Crippen molar-refractivity contribution in [3.63, 3.8) is 0 Å². The van der Waals surface area contributed by atoms with Gasteiger partial charge in [0.1, 0.15) is 5.75 Å². The molecule has 0 aromatic heterocycles. The van der Waals surface area contributed by atoms with Crippen LogP contribution in [-0.4, -0.2) is 23.7 Å². The smallest absolute Gasteiger partial charge is 0.428 e. The van der Waals surface area contributed by atoms with E-state index in [0.717, 1.165) is 12.1 Å². The molecule has 1 rings (SSSR count). The summed E-state index contributed by atoms with van der Waals surface area (Å²) in [5.74, 6) is -0.461. The van der Waals surface area contributed by atoms with Crippen LogP contribution in [0.1, 0.15) is 18.6 Å². The van der Waals surface area contributed by atoms with Crippen molar-refractivity contribution in [2.75, 3.05) is 0 Å². The highest BCUT2D eigenvalue weighted by molar-refractivity contribution is 5.85. The summed E-state index contributed by atoms with van der Waals surface area (Å²) in [6.07, 6.45) is -9.59. The number of nitrogens with two attached hydrogens (primary N) is 1. The zero-order valence-electron chi connectivity index (χ0n) is 9.89. The highest BCUT2D eigenvalue weighted by Gasteiger charge is 2.44. The van der Waals surface area contributed by atoms with Gasteiger partial charge in [-0.25, -0.2) is 0 Å². The zero-order chi connectivity index (χ0) is 13.9. The molecular weight excluding hydrogens is 290 g/mol. The molecule has 1 aromatic carbocycles. The molecule has 0 heterocycles. The predicted molar refractivity (Wildman–Crippen MR) is 63.9 cm³/mol. The standard InChI is InChI=1S/C11H13F4NO2.ClH/c1-6(16)9(17)7-3-2-4-8(5-7)18-11(14,15)10(12)13;/h2-6,9-10,17H,16H2,1H3;1H. The van der Waals surface area contributed by atoms with Crippen LogP contribution in [0.15, 0.2) is 24.3 Å². The fourth-order valence-electron chi connectivity index (χ4n) is 1.27. The molecule has 0 fully saturated rings. The summed E-state index contributed by atoms with van der Waals surface area (Å²) in [6, 6.07) is 4.24. The number of halogens is 5. The van der Waals surface area contributed by atoms with Crippen molar-refractivity contribution in [3.8, 4) is 5.75 Å². The van der Waals surface area contributed by atoms with Gasteiger partial charge in [0.05, 0.1) is 6.10 Å². The average molecular weight is 304 g/mol. The molecule has 110 valence electrons. The Morgan fingerprint density at radius 3 is 2.37 bits per heavy atom. The number of aliphatic hydroxyl groups excluding tert-OH is 1. The Bertz CT molecular complexity index is 404. The topological polar surface area (TPSA) is 55.5 Å². The van der Waals surface area contributed by atoms with Crippen molar-refractivity contribution in [1.29, 1.82) is 0 Å². The molecule has 0 amide bonds. The monoisotopic (exact) mass is 303 g/mol. The molecule has 2 unspecified atom stereocenters. The minimum Gasteiger partial charge on any atom is -0.428 e. The van der Waals surface area contributed by atoms with E-state index in [4.69, 9.17) is 5.73 Å². The van der Waals surface area contributed by atoms with Gasteiger partial charge in [-0.1, -0.05) is 12.1 Å². The van der Waals surface area contributed by atoms with Crippen LogP contribution >= 0.6 is 12.4 Å². The first kappa shape index (κ1) is 17.9. The van der Waals surface area contributed by atoms with E-state index in [1.807, 2.05) is 0 Å². The molecule has 0 aliphatic rings. The van der Waals surface area contributed by atoms with Crippen molar-refractivity contribution in [3.05, 3.63) is 29.8 Å². The molecule has 1 aromatic rings. The molecule has 2 atom stereocenters. The summed E-state index contributed by atoms with van der Waals surface area (Å²) in [7, 11) is 0. The third kappa shape index (κ3) is 4.85. The second-order valence-corrected chi connectivity index (χ2v) is 3.84. The summed E-state index contributed by atoms with van der Waals surface area (Å²) in [4.78, 5) is 0. The van der Waals surface area contributed by atoms with E-state index in [2.05, 4.69) is 4.74 Å². The molecular formula is C11H14ClF4NO2. The maximum absolute atomic E-state index is 12.7. The van der Waals surface area contributed by atoms with Crippen molar-refractivity contribution < 1.29 is 27.4 Å². The molecule has 0 radical (unpaired) electrons. The Kier molecular flexibility index (Phi) is 6.54. The highest BCUT2D eigenvalue weighted by Crippen LogP contribution is 2.29. The summed E-state index contributed by atoms with van der Waals surface area (Å²) in [6.45, 7) is 1.52. The molecule has 0 spiro atoms. The fourth-order valence-corrected chi connectivity index (χ4v) is 1.27. The summed E-state index contributed by atoms with van der Waals surface area (Å²) in [5.41, 5.74) is 5.65. The van der Waals surface area contributed by atoms with Gasteiger partial charge in [0, 0.05) is 6.04 Å². The minimum absolute atomic E-state index is 0. The molecule has 19 heavy (non-hydrogen) atoms. The number of benzene rings is 1. The van der Waals surface area contributed by atoms with Gasteiger partial charge in [0.15, 0.2) is 0 Å². The third-order valence-corrected chi connectivity index (χ3v) is 2.21. The second-order valence-electron chi connectivity index (χ2n) is 3.84. The maximum atomic E-state index is 12.7. The molecule has 0 aliphatic heterocycles. The third-order valence-electron chi connectivity index (χ3n) is 2.21. The quantitative estimate of drug-likeness (QED) is 0.822. The Labute approximate surface area is 113 Å². The predicted octanol–water partition coefficient (Wildman–Crippen LogP) is 2.73. The van der Waals surface area contributed by atoms with Gasteiger partial charge in [-0.2, -0.15) is 17.6 Å². The Morgan fingerprint density at radius 2 is 1.89 bits per heavy atom. The summed E-state index contributed by atoms with van der Waals surface area (Å²) in [5, 5.41) is 9.61. The van der Waals surface area contributed by atoms with Crippen LogP contribution in [0, 0.1) is 0 Å². The first-order chi connectivity index (χ1) is 8.24. The molecule has 0 saturated heterocycles. The average Bonchev–Trinajstić information content (AvgIpc) is 2.27.